The van der Waals surface area contributed by atoms with Gasteiger partial charge in [-0.1, -0.05) is 18.2 Å². The van der Waals surface area contributed by atoms with Crippen molar-refractivity contribution in [2.75, 3.05) is 32.8 Å². The third-order valence-corrected chi connectivity index (χ3v) is 5.65. The van der Waals surface area contributed by atoms with E-state index < -0.39 is 18.3 Å². The quantitative estimate of drug-likeness (QED) is 0.379. The Balaban J connectivity index is 1.58. The van der Waals surface area contributed by atoms with Crippen LogP contribution in [-0.4, -0.2) is 82.4 Å². The van der Waals surface area contributed by atoms with Crippen LogP contribution in [-0.2, 0) is 11.2 Å². The first-order chi connectivity index (χ1) is 13.6. The first-order valence-electron chi connectivity index (χ1n) is 10.2. The molecule has 0 bridgehead atoms. The van der Waals surface area contributed by atoms with Gasteiger partial charge in [0.25, 0.3) is 0 Å². The van der Waals surface area contributed by atoms with E-state index in [1.165, 1.54) is 10.9 Å². The molecule has 0 saturated carbocycles. The molecular weight excluding hydrogens is 358 g/mol. The van der Waals surface area contributed by atoms with Gasteiger partial charge in [-0.05, 0) is 43.9 Å². The lowest BCUT2D eigenvalue weighted by Crippen LogP contribution is -2.63. The van der Waals surface area contributed by atoms with Crippen LogP contribution in [0.5, 0.6) is 0 Å². The normalized spacial score (nSPS) is 26.1. The Morgan fingerprint density at radius 3 is 2.75 bits per heavy atom. The maximum absolute atomic E-state index is 10.5. The van der Waals surface area contributed by atoms with Gasteiger partial charge in [0.15, 0.2) is 0 Å². The Bertz CT molecular complexity index is 722. The van der Waals surface area contributed by atoms with Crippen LogP contribution in [0.4, 0.5) is 0 Å². The molecule has 2 aromatic rings. The van der Waals surface area contributed by atoms with Crippen LogP contribution in [0, 0.1) is 0 Å². The summed E-state index contributed by atoms with van der Waals surface area (Å²) in [6, 6.07) is 7.82. The number of hydrogen-bond acceptors (Lipinski definition) is 6. The molecular formula is C21H33N3O4. The smallest absolute Gasteiger partial charge is 0.109 e. The number of β-amino-alcohol motifs (C(OH)–C–C–N with tert-alkyl or cyclic N) is 1. The molecule has 0 radical (unpaired) electrons. The number of likely N-dealkylation sites (tertiary alicyclic amines) is 1. The van der Waals surface area contributed by atoms with Crippen molar-refractivity contribution in [2.24, 2.45) is 5.73 Å². The second-order valence-electron chi connectivity index (χ2n) is 7.64. The topological polar surface area (TPSA) is 115 Å². The number of piperidine rings is 1. The molecule has 1 aliphatic heterocycles. The van der Waals surface area contributed by atoms with E-state index in [4.69, 9.17) is 10.5 Å². The van der Waals surface area contributed by atoms with Crippen molar-refractivity contribution in [1.82, 2.24) is 9.88 Å². The van der Waals surface area contributed by atoms with Crippen molar-refractivity contribution in [3.05, 3.63) is 36.0 Å². The van der Waals surface area contributed by atoms with Crippen LogP contribution in [0.2, 0.25) is 0 Å². The number of aliphatic hydroxyl groups excluding tert-OH is 3. The highest BCUT2D eigenvalue weighted by Crippen LogP contribution is 2.22. The van der Waals surface area contributed by atoms with Crippen LogP contribution in [0.15, 0.2) is 30.5 Å². The summed E-state index contributed by atoms with van der Waals surface area (Å²) >= 11 is 0. The summed E-state index contributed by atoms with van der Waals surface area (Å²) in [6.07, 6.45) is 2.60. The van der Waals surface area contributed by atoms with Crippen LogP contribution in [0.1, 0.15) is 24.8 Å². The highest BCUT2D eigenvalue weighted by Gasteiger charge is 2.41. The maximum Gasteiger partial charge on any atom is 0.109 e. The summed E-state index contributed by atoms with van der Waals surface area (Å²) in [4.78, 5) is 5.31. The van der Waals surface area contributed by atoms with Gasteiger partial charge in [0.1, 0.15) is 12.2 Å². The number of para-hydroxylation sites is 1. The Kier molecular flexibility index (Phi) is 7.84. The summed E-state index contributed by atoms with van der Waals surface area (Å²) in [5, 5.41) is 31.9. The van der Waals surface area contributed by atoms with Crippen molar-refractivity contribution in [3.63, 3.8) is 0 Å². The number of aliphatic hydroxyl groups is 3. The minimum Gasteiger partial charge on any atom is -0.389 e. The van der Waals surface area contributed by atoms with E-state index in [1.807, 2.05) is 29.3 Å². The molecule has 156 valence electrons. The Morgan fingerprint density at radius 2 is 1.93 bits per heavy atom. The molecule has 2 heterocycles. The number of rotatable bonds is 10. The molecule has 7 nitrogen and oxygen atoms in total. The maximum atomic E-state index is 10.5. The lowest BCUT2D eigenvalue weighted by atomic mass is 9.93. The average Bonchev–Trinajstić information content (AvgIpc) is 3.12. The lowest BCUT2D eigenvalue weighted by Gasteiger charge is -2.43. The van der Waals surface area contributed by atoms with Gasteiger partial charge in [-0.25, -0.2) is 0 Å². The molecule has 1 fully saturated rings. The molecule has 0 amide bonds. The number of hydrogen-bond donors (Lipinski definition) is 5. The molecule has 3 rings (SSSR count). The Hall–Kier alpha value is -1.48. The van der Waals surface area contributed by atoms with Crippen LogP contribution in [0.3, 0.4) is 0 Å². The summed E-state index contributed by atoms with van der Waals surface area (Å²) in [7, 11) is 0. The number of ether oxygens (including phenoxy) is 1. The van der Waals surface area contributed by atoms with Crippen LogP contribution < -0.4 is 5.73 Å². The van der Waals surface area contributed by atoms with Gasteiger partial charge in [-0.15, -0.1) is 0 Å². The van der Waals surface area contributed by atoms with E-state index in [1.54, 1.807) is 0 Å². The second-order valence-corrected chi connectivity index (χ2v) is 7.64. The molecule has 1 aromatic heterocycles. The number of fused-ring (bicyclic) bond motifs is 1. The number of aromatic nitrogens is 1. The largest absolute Gasteiger partial charge is 0.389 e. The van der Waals surface area contributed by atoms with E-state index in [0.717, 1.165) is 31.2 Å². The molecule has 0 aliphatic carbocycles. The van der Waals surface area contributed by atoms with E-state index in [0.29, 0.717) is 32.8 Å². The van der Waals surface area contributed by atoms with E-state index in [2.05, 4.69) is 11.1 Å². The van der Waals surface area contributed by atoms with E-state index >= 15 is 0 Å². The molecule has 7 heteroatoms. The van der Waals surface area contributed by atoms with Gasteiger partial charge in [0.05, 0.1) is 18.8 Å². The zero-order valence-electron chi connectivity index (χ0n) is 16.3. The van der Waals surface area contributed by atoms with Crippen molar-refractivity contribution in [1.29, 1.82) is 0 Å². The van der Waals surface area contributed by atoms with Gasteiger partial charge >= 0.3 is 0 Å². The number of nitrogens with two attached hydrogens (primary N) is 1. The van der Waals surface area contributed by atoms with Gasteiger partial charge in [0, 0.05) is 36.8 Å². The van der Waals surface area contributed by atoms with Crippen molar-refractivity contribution in [3.8, 4) is 0 Å². The highest BCUT2D eigenvalue weighted by atomic mass is 16.5. The molecule has 1 saturated heterocycles. The SMILES string of the molecule is NCCCCCOC[C@@H]1[C@@H](O)[C@H](O)[C@@H](O)CN1CCc1c[nH]c2ccccc12. The monoisotopic (exact) mass is 391 g/mol. The molecule has 28 heavy (non-hydrogen) atoms. The summed E-state index contributed by atoms with van der Waals surface area (Å²) in [6.45, 7) is 2.62. The number of nitrogens with zero attached hydrogens (tertiary/aromatic N) is 1. The minimum absolute atomic E-state index is 0.321. The molecule has 1 aromatic carbocycles. The predicted molar refractivity (Wildman–Crippen MR) is 109 cm³/mol. The second kappa shape index (κ2) is 10.3. The van der Waals surface area contributed by atoms with Crippen molar-refractivity contribution >= 4 is 10.9 Å². The average molecular weight is 392 g/mol. The number of unbranched alkanes of at least 4 members (excludes halogenated alkanes) is 2. The number of aromatic amines is 1. The number of benzene rings is 1. The molecule has 6 N–H and O–H groups in total. The lowest BCUT2D eigenvalue weighted by molar-refractivity contribution is -0.149. The summed E-state index contributed by atoms with van der Waals surface area (Å²) in [5.41, 5.74) is 7.80. The molecule has 4 atom stereocenters. The van der Waals surface area contributed by atoms with Crippen LogP contribution in [0.25, 0.3) is 10.9 Å². The highest BCUT2D eigenvalue weighted by molar-refractivity contribution is 5.83. The molecule has 0 unspecified atom stereocenters. The first kappa shape index (κ1) is 21.2. The zero-order valence-corrected chi connectivity index (χ0v) is 16.3. The zero-order chi connectivity index (χ0) is 19.9. The molecule has 1 aliphatic rings. The van der Waals surface area contributed by atoms with Gasteiger partial charge < -0.3 is 30.8 Å². The summed E-state index contributed by atoms with van der Waals surface area (Å²) in [5.74, 6) is 0. The third-order valence-electron chi connectivity index (χ3n) is 5.65. The van der Waals surface area contributed by atoms with Crippen molar-refractivity contribution in [2.45, 2.75) is 50.0 Å². The first-order valence-corrected chi connectivity index (χ1v) is 10.2. The van der Waals surface area contributed by atoms with Crippen LogP contribution >= 0.6 is 0 Å². The summed E-state index contributed by atoms with van der Waals surface area (Å²) < 4.78 is 5.77. The number of nitrogens with one attached hydrogen (secondary N) is 1. The third kappa shape index (κ3) is 5.11. The minimum atomic E-state index is -1.14. The van der Waals surface area contributed by atoms with E-state index in [-0.39, 0.29) is 6.04 Å². The number of H-pyrrole nitrogens is 1. The predicted octanol–water partition coefficient (Wildman–Crippen LogP) is 0.623. The Morgan fingerprint density at radius 1 is 1.11 bits per heavy atom. The van der Waals surface area contributed by atoms with Crippen molar-refractivity contribution < 1.29 is 20.1 Å². The fourth-order valence-corrected chi connectivity index (χ4v) is 3.95. The molecule has 0 spiro atoms. The Labute approximate surface area is 166 Å². The fraction of sp³-hybridized carbons (Fsp3) is 0.619. The van der Waals surface area contributed by atoms with Gasteiger partial charge in [-0.3, -0.25) is 4.90 Å². The standard InChI is InChI=1S/C21H33N3O4/c22-9-4-1-5-11-28-14-18-20(26)21(27)19(25)13-24(18)10-8-15-12-23-17-7-3-2-6-16(15)17/h2-3,6-7,12,18-21,23,25-27H,1,4-5,8-11,13-14,22H2/t18-,19+,20-,21-/m1/s1. The van der Waals surface area contributed by atoms with Gasteiger partial charge in [-0.2, -0.15) is 0 Å². The van der Waals surface area contributed by atoms with E-state index in [9.17, 15) is 15.3 Å². The fourth-order valence-electron chi connectivity index (χ4n) is 3.95. The van der Waals surface area contributed by atoms with Gasteiger partial charge in [0.2, 0.25) is 0 Å².